The molecule has 1 aromatic heterocycles. The van der Waals surface area contributed by atoms with Gasteiger partial charge >= 0.3 is 0 Å². The zero-order valence-electron chi connectivity index (χ0n) is 13.7. The Balaban J connectivity index is 1.43. The number of anilines is 2. The van der Waals surface area contributed by atoms with Crippen LogP contribution in [0.5, 0.6) is 0 Å². The summed E-state index contributed by atoms with van der Waals surface area (Å²) >= 11 is 1.39. The lowest BCUT2D eigenvalue weighted by atomic mass is 10.1. The second-order valence-corrected chi connectivity index (χ2v) is 7.56. The third-order valence-electron chi connectivity index (χ3n) is 4.56. The Morgan fingerprint density at radius 3 is 2.88 bits per heavy atom. The fraction of sp³-hybridized carbons (Fsp3) is 0.412. The lowest BCUT2D eigenvalue weighted by molar-refractivity contribution is -0.122. The van der Waals surface area contributed by atoms with Crippen LogP contribution in [-0.2, 0) is 9.59 Å². The van der Waals surface area contributed by atoms with E-state index in [1.807, 2.05) is 0 Å². The Labute approximate surface area is 148 Å². The van der Waals surface area contributed by atoms with Crippen LogP contribution in [0.15, 0.2) is 18.2 Å². The molecule has 4 rings (SSSR count). The summed E-state index contributed by atoms with van der Waals surface area (Å²) in [5, 5.41) is 12.3. The number of carbonyl (C=O) groups excluding carboxylic acids is 2. The Bertz CT molecular complexity index is 849. The number of halogens is 1. The molecule has 0 spiro atoms. The van der Waals surface area contributed by atoms with Gasteiger partial charge in [-0.15, -0.1) is 10.2 Å². The first kappa shape index (κ1) is 16.1. The summed E-state index contributed by atoms with van der Waals surface area (Å²) in [6.45, 7) is 1.90. The Morgan fingerprint density at radius 1 is 1.36 bits per heavy atom. The van der Waals surface area contributed by atoms with E-state index in [-0.39, 0.29) is 30.6 Å². The highest BCUT2D eigenvalue weighted by Gasteiger charge is 2.36. The summed E-state index contributed by atoms with van der Waals surface area (Å²) in [4.78, 5) is 26.1. The molecule has 2 fully saturated rings. The SMILES string of the molecule is Cc1ccc(N2C[C@@H](C(=O)Nc3nnc(C4CC4)s3)CC2=O)cc1F. The van der Waals surface area contributed by atoms with Gasteiger partial charge in [0.2, 0.25) is 16.9 Å². The van der Waals surface area contributed by atoms with E-state index in [0.29, 0.717) is 22.3 Å². The Hall–Kier alpha value is -2.35. The van der Waals surface area contributed by atoms with E-state index in [4.69, 9.17) is 0 Å². The summed E-state index contributed by atoms with van der Waals surface area (Å²) in [5.41, 5.74) is 1.00. The first-order valence-corrected chi connectivity index (χ1v) is 9.03. The van der Waals surface area contributed by atoms with E-state index in [2.05, 4.69) is 15.5 Å². The van der Waals surface area contributed by atoms with Crippen LogP contribution in [0.4, 0.5) is 15.2 Å². The summed E-state index contributed by atoms with van der Waals surface area (Å²) < 4.78 is 13.7. The second-order valence-electron chi connectivity index (χ2n) is 6.55. The molecule has 2 amide bonds. The molecular formula is C17H17FN4O2S. The largest absolute Gasteiger partial charge is 0.311 e. The van der Waals surface area contributed by atoms with Crippen LogP contribution >= 0.6 is 11.3 Å². The number of nitrogens with one attached hydrogen (secondary N) is 1. The number of aryl methyl sites for hydroxylation is 1. The zero-order valence-corrected chi connectivity index (χ0v) is 14.5. The lowest BCUT2D eigenvalue weighted by Gasteiger charge is -2.17. The van der Waals surface area contributed by atoms with Crippen LogP contribution in [0, 0.1) is 18.7 Å². The highest BCUT2D eigenvalue weighted by atomic mass is 32.1. The van der Waals surface area contributed by atoms with Gasteiger partial charge < -0.3 is 10.2 Å². The van der Waals surface area contributed by atoms with Gasteiger partial charge in [-0.3, -0.25) is 9.59 Å². The number of rotatable bonds is 4. The molecule has 2 aromatic rings. The van der Waals surface area contributed by atoms with Crippen LogP contribution in [0.1, 0.15) is 35.8 Å². The smallest absolute Gasteiger partial charge is 0.231 e. The van der Waals surface area contributed by atoms with E-state index < -0.39 is 5.92 Å². The van der Waals surface area contributed by atoms with Gasteiger partial charge in [0.25, 0.3) is 0 Å². The number of aromatic nitrogens is 2. The normalized spacial score (nSPS) is 20.2. The topological polar surface area (TPSA) is 75.2 Å². The van der Waals surface area contributed by atoms with Gasteiger partial charge in [-0.1, -0.05) is 17.4 Å². The van der Waals surface area contributed by atoms with Crippen molar-refractivity contribution in [3.8, 4) is 0 Å². The molecule has 25 heavy (non-hydrogen) atoms. The van der Waals surface area contributed by atoms with Gasteiger partial charge in [0.1, 0.15) is 10.8 Å². The van der Waals surface area contributed by atoms with E-state index in [1.165, 1.54) is 22.3 Å². The van der Waals surface area contributed by atoms with Crippen LogP contribution in [0.2, 0.25) is 0 Å². The maximum atomic E-state index is 13.7. The first-order valence-electron chi connectivity index (χ1n) is 8.22. The Morgan fingerprint density at radius 2 is 2.16 bits per heavy atom. The quantitative estimate of drug-likeness (QED) is 0.910. The van der Waals surface area contributed by atoms with Crippen LogP contribution in [0.25, 0.3) is 0 Å². The minimum absolute atomic E-state index is 0.107. The van der Waals surface area contributed by atoms with Crippen molar-refractivity contribution in [1.29, 1.82) is 0 Å². The number of hydrogen-bond acceptors (Lipinski definition) is 5. The van der Waals surface area contributed by atoms with Crippen molar-refractivity contribution < 1.29 is 14.0 Å². The van der Waals surface area contributed by atoms with Crippen molar-refractivity contribution in [3.05, 3.63) is 34.6 Å². The number of benzene rings is 1. The predicted octanol–water partition coefficient (Wildman–Crippen LogP) is 2.85. The highest BCUT2D eigenvalue weighted by Crippen LogP contribution is 2.42. The fourth-order valence-corrected chi connectivity index (χ4v) is 3.79. The van der Waals surface area contributed by atoms with Crippen LogP contribution in [-0.4, -0.2) is 28.6 Å². The van der Waals surface area contributed by atoms with Crippen molar-refractivity contribution in [2.45, 2.75) is 32.1 Å². The number of nitrogens with zero attached hydrogens (tertiary/aromatic N) is 3. The van der Waals surface area contributed by atoms with Crippen molar-refractivity contribution in [3.63, 3.8) is 0 Å². The van der Waals surface area contributed by atoms with Crippen molar-refractivity contribution in [2.75, 3.05) is 16.8 Å². The lowest BCUT2D eigenvalue weighted by Crippen LogP contribution is -2.28. The second kappa shape index (κ2) is 6.18. The van der Waals surface area contributed by atoms with Crippen LogP contribution in [0.3, 0.4) is 0 Å². The van der Waals surface area contributed by atoms with E-state index >= 15 is 0 Å². The fourth-order valence-electron chi connectivity index (χ4n) is 2.87. The molecule has 130 valence electrons. The van der Waals surface area contributed by atoms with Gasteiger partial charge in [-0.05, 0) is 37.5 Å². The third-order valence-corrected chi connectivity index (χ3v) is 5.56. The molecule has 1 atom stereocenters. The van der Waals surface area contributed by atoms with Gasteiger partial charge in [0.15, 0.2) is 0 Å². The number of hydrogen-bond donors (Lipinski definition) is 1. The maximum absolute atomic E-state index is 13.7. The summed E-state index contributed by atoms with van der Waals surface area (Å²) in [5.74, 6) is -0.783. The molecule has 1 aliphatic carbocycles. The minimum Gasteiger partial charge on any atom is -0.311 e. The number of amides is 2. The molecule has 1 saturated carbocycles. The van der Waals surface area contributed by atoms with E-state index in [1.54, 1.807) is 19.1 Å². The summed E-state index contributed by atoms with van der Waals surface area (Å²) in [6, 6.07) is 4.66. The molecule has 1 N–H and O–H groups in total. The summed E-state index contributed by atoms with van der Waals surface area (Å²) in [6.07, 6.45) is 2.36. The molecule has 1 aliphatic heterocycles. The zero-order chi connectivity index (χ0) is 17.6. The van der Waals surface area contributed by atoms with Gasteiger partial charge in [-0.25, -0.2) is 4.39 Å². The molecule has 8 heteroatoms. The molecule has 2 aliphatic rings. The van der Waals surface area contributed by atoms with Gasteiger partial charge in [-0.2, -0.15) is 0 Å². The first-order chi connectivity index (χ1) is 12.0. The average molecular weight is 360 g/mol. The standard InChI is InChI=1S/C17H17FN4O2S/c1-9-2-5-12(7-13(9)18)22-8-11(6-14(22)23)15(24)19-17-21-20-16(25-17)10-3-4-10/h2,5,7,10-11H,3-4,6,8H2,1H3,(H,19,21,24)/t11-/m0/s1. The molecule has 2 heterocycles. The molecule has 0 unspecified atom stereocenters. The molecule has 6 nitrogen and oxygen atoms in total. The van der Waals surface area contributed by atoms with Gasteiger partial charge in [0.05, 0.1) is 5.92 Å². The van der Waals surface area contributed by atoms with Crippen molar-refractivity contribution >= 4 is 34.0 Å². The van der Waals surface area contributed by atoms with E-state index in [0.717, 1.165) is 17.8 Å². The molecule has 0 radical (unpaired) electrons. The Kier molecular flexibility index (Phi) is 3.99. The van der Waals surface area contributed by atoms with Gasteiger partial charge in [0, 0.05) is 24.6 Å². The minimum atomic E-state index is -0.481. The molecule has 1 aromatic carbocycles. The summed E-state index contributed by atoms with van der Waals surface area (Å²) in [7, 11) is 0. The highest BCUT2D eigenvalue weighted by molar-refractivity contribution is 7.15. The van der Waals surface area contributed by atoms with Crippen LogP contribution < -0.4 is 10.2 Å². The monoisotopic (exact) mass is 360 g/mol. The maximum Gasteiger partial charge on any atom is 0.231 e. The molecule has 1 saturated heterocycles. The molecular weight excluding hydrogens is 343 g/mol. The number of carbonyl (C=O) groups is 2. The van der Waals surface area contributed by atoms with Crippen molar-refractivity contribution in [2.24, 2.45) is 5.92 Å². The predicted molar refractivity (Wildman–Crippen MR) is 92.1 cm³/mol. The van der Waals surface area contributed by atoms with E-state index in [9.17, 15) is 14.0 Å². The average Bonchev–Trinajstić information content (AvgIpc) is 3.21. The molecule has 0 bridgehead atoms. The van der Waals surface area contributed by atoms with Crippen molar-refractivity contribution in [1.82, 2.24) is 10.2 Å². The third kappa shape index (κ3) is 3.26.